The molecule has 0 saturated heterocycles. The van der Waals surface area contributed by atoms with Crippen molar-refractivity contribution in [3.8, 4) is 0 Å². The Labute approximate surface area is 106 Å². The van der Waals surface area contributed by atoms with E-state index >= 15 is 0 Å². The summed E-state index contributed by atoms with van der Waals surface area (Å²) in [6.45, 7) is 1.31. The number of hydrogen-bond donors (Lipinski definition) is 3. The van der Waals surface area contributed by atoms with Crippen LogP contribution >= 0.6 is 0 Å². The fraction of sp³-hybridized carbons (Fsp3) is 0.727. The molecule has 1 rings (SSSR count). The minimum Gasteiger partial charge on any atom is -0.469 e. The molecule has 0 atom stereocenters. The third-order valence-electron chi connectivity index (χ3n) is 2.95. The highest BCUT2D eigenvalue weighted by Crippen LogP contribution is 2.25. The molecule has 0 aromatic rings. The highest BCUT2D eigenvalue weighted by molar-refractivity contribution is 5.79. The largest absolute Gasteiger partial charge is 0.469 e. The van der Waals surface area contributed by atoms with Crippen molar-refractivity contribution in [2.24, 2.45) is 5.92 Å². The lowest BCUT2D eigenvalue weighted by atomic mass is 9.86. The van der Waals surface area contributed by atoms with E-state index in [1.807, 2.05) is 0 Å². The molecule has 0 bridgehead atoms. The molecule has 3 N–H and O–H groups in total. The molecule has 102 valence electrons. The van der Waals surface area contributed by atoms with Gasteiger partial charge < -0.3 is 10.1 Å². The number of carbonyl (C=O) groups excluding carboxylic acids is 3. The van der Waals surface area contributed by atoms with E-state index in [1.54, 1.807) is 0 Å². The smallest absolute Gasteiger partial charge is 0.333 e. The number of esters is 1. The third kappa shape index (κ3) is 4.60. The average molecular weight is 257 g/mol. The van der Waals surface area contributed by atoms with Gasteiger partial charge in [-0.05, 0) is 25.7 Å². The first kappa shape index (κ1) is 14.3. The van der Waals surface area contributed by atoms with Crippen LogP contribution in [0.15, 0.2) is 0 Å². The number of carbonyl (C=O) groups is 3. The molecule has 0 radical (unpaired) electrons. The summed E-state index contributed by atoms with van der Waals surface area (Å²) in [5.41, 5.74) is 4.43. The molecular formula is C11H19N3O4. The number of ether oxygens (including phenoxy) is 1. The zero-order valence-electron chi connectivity index (χ0n) is 10.6. The second kappa shape index (κ2) is 6.83. The summed E-state index contributed by atoms with van der Waals surface area (Å²) in [6.07, 6.45) is 2.87. The Bertz CT molecular complexity index is 324. The Morgan fingerprint density at radius 2 is 1.67 bits per heavy atom. The Morgan fingerprint density at radius 1 is 1.06 bits per heavy atom. The molecule has 1 saturated carbocycles. The van der Waals surface area contributed by atoms with Crippen molar-refractivity contribution in [3.63, 3.8) is 0 Å². The second-order valence-electron chi connectivity index (χ2n) is 4.35. The first-order valence-corrected chi connectivity index (χ1v) is 5.94. The SMILES string of the molecule is COC(=O)[C@H]1CC[C@H](NC(=O)NNC(C)=O)CC1. The van der Waals surface area contributed by atoms with Crippen LogP contribution in [0.1, 0.15) is 32.6 Å². The Balaban J connectivity index is 2.25. The van der Waals surface area contributed by atoms with Crippen molar-refractivity contribution in [1.82, 2.24) is 16.2 Å². The van der Waals surface area contributed by atoms with E-state index in [9.17, 15) is 14.4 Å². The van der Waals surface area contributed by atoms with Crippen molar-refractivity contribution >= 4 is 17.9 Å². The molecule has 1 aliphatic rings. The standard InChI is InChI=1S/C11H19N3O4/c1-7(15)13-14-11(17)12-9-5-3-8(4-6-9)10(16)18-2/h8-9H,3-6H2,1-2H3,(H,13,15)(H2,12,14,17)/t8-,9-. The fourth-order valence-corrected chi connectivity index (χ4v) is 2.01. The van der Waals surface area contributed by atoms with Gasteiger partial charge in [0.05, 0.1) is 13.0 Å². The molecular weight excluding hydrogens is 238 g/mol. The summed E-state index contributed by atoms with van der Waals surface area (Å²) in [5.74, 6) is -0.581. The monoisotopic (exact) mass is 257 g/mol. The van der Waals surface area contributed by atoms with Crippen LogP contribution in [-0.4, -0.2) is 31.1 Å². The molecule has 18 heavy (non-hydrogen) atoms. The number of hydrogen-bond acceptors (Lipinski definition) is 4. The summed E-state index contributed by atoms with van der Waals surface area (Å²) in [6, 6.07) is -0.411. The summed E-state index contributed by atoms with van der Waals surface area (Å²) >= 11 is 0. The van der Waals surface area contributed by atoms with E-state index < -0.39 is 6.03 Å². The van der Waals surface area contributed by atoms with Gasteiger partial charge >= 0.3 is 12.0 Å². The lowest BCUT2D eigenvalue weighted by Crippen LogP contribution is -2.50. The van der Waals surface area contributed by atoms with E-state index in [4.69, 9.17) is 0 Å². The lowest BCUT2D eigenvalue weighted by molar-refractivity contribution is -0.146. The van der Waals surface area contributed by atoms with Gasteiger partial charge in [-0.15, -0.1) is 0 Å². The quantitative estimate of drug-likeness (QED) is 0.481. The van der Waals surface area contributed by atoms with Crippen LogP contribution in [0, 0.1) is 5.92 Å². The summed E-state index contributed by atoms with van der Waals surface area (Å²) < 4.78 is 4.68. The van der Waals surface area contributed by atoms with Gasteiger partial charge in [0, 0.05) is 13.0 Å². The minimum atomic E-state index is -0.438. The fourth-order valence-electron chi connectivity index (χ4n) is 2.01. The number of rotatable bonds is 2. The van der Waals surface area contributed by atoms with Gasteiger partial charge in [-0.2, -0.15) is 0 Å². The number of methoxy groups -OCH3 is 1. The Hall–Kier alpha value is -1.79. The Morgan fingerprint density at radius 3 is 2.17 bits per heavy atom. The van der Waals surface area contributed by atoms with E-state index in [2.05, 4.69) is 20.9 Å². The molecule has 0 heterocycles. The zero-order valence-corrected chi connectivity index (χ0v) is 10.6. The predicted octanol–water partition coefficient (Wildman–Crippen LogP) is 0.0685. The maximum Gasteiger partial charge on any atom is 0.333 e. The van der Waals surface area contributed by atoms with Crippen molar-refractivity contribution in [3.05, 3.63) is 0 Å². The van der Waals surface area contributed by atoms with Gasteiger partial charge in [-0.25, -0.2) is 10.2 Å². The average Bonchev–Trinajstić information content (AvgIpc) is 2.36. The van der Waals surface area contributed by atoms with Crippen molar-refractivity contribution in [2.75, 3.05) is 7.11 Å². The number of hydrazine groups is 1. The molecule has 3 amide bonds. The highest BCUT2D eigenvalue weighted by atomic mass is 16.5. The maximum atomic E-state index is 11.4. The Kier molecular flexibility index (Phi) is 5.41. The molecule has 0 unspecified atom stereocenters. The molecule has 7 heteroatoms. The van der Waals surface area contributed by atoms with Gasteiger partial charge in [-0.3, -0.25) is 15.0 Å². The van der Waals surface area contributed by atoms with E-state index in [-0.39, 0.29) is 23.8 Å². The highest BCUT2D eigenvalue weighted by Gasteiger charge is 2.27. The normalized spacial score (nSPS) is 22.8. The van der Waals surface area contributed by atoms with Gasteiger partial charge in [0.1, 0.15) is 0 Å². The van der Waals surface area contributed by atoms with Crippen LogP contribution < -0.4 is 16.2 Å². The minimum absolute atomic E-state index is 0.0275. The topological polar surface area (TPSA) is 96.5 Å². The van der Waals surface area contributed by atoms with Crippen molar-refractivity contribution in [2.45, 2.75) is 38.6 Å². The molecule has 1 fully saturated rings. The number of urea groups is 1. The van der Waals surface area contributed by atoms with Crippen LogP contribution in [0.2, 0.25) is 0 Å². The van der Waals surface area contributed by atoms with Crippen LogP contribution in [-0.2, 0) is 14.3 Å². The third-order valence-corrected chi connectivity index (χ3v) is 2.95. The van der Waals surface area contributed by atoms with Crippen LogP contribution in [0.5, 0.6) is 0 Å². The lowest BCUT2D eigenvalue weighted by Gasteiger charge is -2.27. The first-order valence-electron chi connectivity index (χ1n) is 5.94. The van der Waals surface area contributed by atoms with Gasteiger partial charge in [0.15, 0.2) is 0 Å². The molecule has 0 spiro atoms. The van der Waals surface area contributed by atoms with E-state index in [0.717, 1.165) is 12.8 Å². The van der Waals surface area contributed by atoms with Crippen LogP contribution in [0.3, 0.4) is 0 Å². The summed E-state index contributed by atoms with van der Waals surface area (Å²) in [5, 5.41) is 2.73. The predicted molar refractivity (Wildman–Crippen MR) is 63.2 cm³/mol. The van der Waals surface area contributed by atoms with Crippen molar-refractivity contribution < 1.29 is 19.1 Å². The number of nitrogens with one attached hydrogen (secondary N) is 3. The second-order valence-corrected chi connectivity index (χ2v) is 4.35. The summed E-state index contributed by atoms with van der Waals surface area (Å²) in [7, 11) is 1.38. The molecule has 0 aromatic heterocycles. The van der Waals surface area contributed by atoms with Crippen LogP contribution in [0.25, 0.3) is 0 Å². The van der Waals surface area contributed by atoms with E-state index in [1.165, 1.54) is 14.0 Å². The molecule has 0 aliphatic heterocycles. The van der Waals surface area contributed by atoms with Gasteiger partial charge in [-0.1, -0.05) is 0 Å². The van der Waals surface area contributed by atoms with Gasteiger partial charge in [0.25, 0.3) is 0 Å². The first-order chi connectivity index (χ1) is 8.52. The maximum absolute atomic E-state index is 11.4. The summed E-state index contributed by atoms with van der Waals surface area (Å²) in [4.78, 5) is 33.2. The molecule has 7 nitrogen and oxygen atoms in total. The zero-order chi connectivity index (χ0) is 13.5. The van der Waals surface area contributed by atoms with Crippen LogP contribution in [0.4, 0.5) is 4.79 Å². The van der Waals surface area contributed by atoms with E-state index in [0.29, 0.717) is 12.8 Å². The number of amides is 3. The molecule has 1 aliphatic carbocycles. The molecule has 0 aromatic carbocycles. The van der Waals surface area contributed by atoms with Gasteiger partial charge in [0.2, 0.25) is 5.91 Å². The van der Waals surface area contributed by atoms with Crippen molar-refractivity contribution in [1.29, 1.82) is 0 Å².